The van der Waals surface area contributed by atoms with E-state index < -0.39 is 6.10 Å². The highest BCUT2D eigenvalue weighted by Gasteiger charge is 2.18. The first-order chi connectivity index (χ1) is 10.1. The molecule has 1 aliphatic heterocycles. The molecule has 0 spiro atoms. The van der Waals surface area contributed by atoms with E-state index in [4.69, 9.17) is 4.42 Å². The molecule has 1 aromatic carbocycles. The van der Waals surface area contributed by atoms with E-state index in [1.165, 1.54) is 6.42 Å². The molecule has 0 saturated carbocycles. The fraction of sp³-hybridized carbons (Fsp3) is 0.471. The van der Waals surface area contributed by atoms with Crippen molar-refractivity contribution in [3.63, 3.8) is 0 Å². The van der Waals surface area contributed by atoms with Gasteiger partial charge in [0.15, 0.2) is 11.3 Å². The maximum Gasteiger partial charge on any atom is 0.200 e. The zero-order chi connectivity index (χ0) is 15.0. The molecule has 0 amide bonds. The van der Waals surface area contributed by atoms with Crippen molar-refractivity contribution in [2.45, 2.75) is 39.2 Å². The summed E-state index contributed by atoms with van der Waals surface area (Å²) in [6.45, 7) is 5.46. The number of benzene rings is 1. The number of piperidine rings is 1. The highest BCUT2D eigenvalue weighted by molar-refractivity contribution is 5.82. The molecule has 112 valence electrons. The van der Waals surface area contributed by atoms with Gasteiger partial charge in [-0.15, -0.1) is 0 Å². The summed E-state index contributed by atoms with van der Waals surface area (Å²) in [6, 6.07) is 5.29. The molecular formula is C17H21NO3. The van der Waals surface area contributed by atoms with Crippen molar-refractivity contribution in [2.24, 2.45) is 0 Å². The average Bonchev–Trinajstić information content (AvgIpc) is 2.48. The summed E-state index contributed by atoms with van der Waals surface area (Å²) in [7, 11) is 0. The molecule has 1 aromatic heterocycles. The van der Waals surface area contributed by atoms with E-state index in [1.807, 2.05) is 19.1 Å². The second-order valence-electron chi connectivity index (χ2n) is 5.90. The number of aryl methyl sites for hydroxylation is 1. The van der Waals surface area contributed by atoms with Crippen molar-refractivity contribution in [2.75, 3.05) is 18.0 Å². The summed E-state index contributed by atoms with van der Waals surface area (Å²) >= 11 is 0. The Hall–Kier alpha value is -1.81. The number of hydrogen-bond donors (Lipinski definition) is 1. The van der Waals surface area contributed by atoms with Crippen LogP contribution in [0.3, 0.4) is 0 Å². The van der Waals surface area contributed by atoms with Gasteiger partial charge in [-0.3, -0.25) is 4.79 Å². The summed E-state index contributed by atoms with van der Waals surface area (Å²) in [4.78, 5) is 14.5. The SMILES string of the molecule is Cc1cc(C(C)O)c2oc(N3CCCCC3)cc(=O)c2c1. The van der Waals surface area contributed by atoms with Crippen LogP contribution in [-0.2, 0) is 0 Å². The molecule has 3 rings (SSSR count). The van der Waals surface area contributed by atoms with E-state index in [1.54, 1.807) is 13.0 Å². The highest BCUT2D eigenvalue weighted by Crippen LogP contribution is 2.28. The molecule has 1 aliphatic rings. The van der Waals surface area contributed by atoms with Gasteiger partial charge in [-0.2, -0.15) is 0 Å². The largest absolute Gasteiger partial charge is 0.440 e. The lowest BCUT2D eigenvalue weighted by molar-refractivity contribution is 0.199. The summed E-state index contributed by atoms with van der Waals surface area (Å²) in [6.07, 6.45) is 2.82. The van der Waals surface area contributed by atoms with E-state index in [2.05, 4.69) is 4.90 Å². The van der Waals surface area contributed by atoms with Crippen molar-refractivity contribution < 1.29 is 9.52 Å². The van der Waals surface area contributed by atoms with Gasteiger partial charge in [-0.05, 0) is 50.8 Å². The molecule has 4 nitrogen and oxygen atoms in total. The monoisotopic (exact) mass is 287 g/mol. The Bertz CT molecular complexity index is 712. The molecule has 1 fully saturated rings. The molecule has 1 saturated heterocycles. The van der Waals surface area contributed by atoms with Crippen molar-refractivity contribution in [3.8, 4) is 0 Å². The Balaban J connectivity index is 2.19. The minimum atomic E-state index is -0.660. The normalized spacial score (nSPS) is 17.2. The van der Waals surface area contributed by atoms with Gasteiger partial charge in [0.05, 0.1) is 11.5 Å². The van der Waals surface area contributed by atoms with Gasteiger partial charge in [-0.1, -0.05) is 0 Å². The first kappa shape index (κ1) is 14.1. The lowest BCUT2D eigenvalue weighted by Crippen LogP contribution is -2.30. The topological polar surface area (TPSA) is 53.7 Å². The smallest absolute Gasteiger partial charge is 0.200 e. The average molecular weight is 287 g/mol. The number of nitrogens with zero attached hydrogens (tertiary/aromatic N) is 1. The second kappa shape index (κ2) is 5.53. The Labute approximate surface area is 124 Å². The molecule has 1 N–H and O–H groups in total. The molecule has 0 bridgehead atoms. The third-order valence-electron chi connectivity index (χ3n) is 4.11. The van der Waals surface area contributed by atoms with Crippen LogP contribution in [0, 0.1) is 6.92 Å². The van der Waals surface area contributed by atoms with Crippen LogP contribution in [0.25, 0.3) is 11.0 Å². The molecule has 2 heterocycles. The van der Waals surface area contributed by atoms with E-state index in [9.17, 15) is 9.90 Å². The molecule has 1 unspecified atom stereocenters. The lowest BCUT2D eigenvalue weighted by atomic mass is 10.0. The summed E-state index contributed by atoms with van der Waals surface area (Å²) in [5, 5.41) is 10.5. The summed E-state index contributed by atoms with van der Waals surface area (Å²) < 4.78 is 6.00. The van der Waals surface area contributed by atoms with E-state index in [-0.39, 0.29) is 5.43 Å². The van der Waals surface area contributed by atoms with Crippen molar-refractivity contribution >= 4 is 16.9 Å². The fourth-order valence-electron chi connectivity index (χ4n) is 3.00. The lowest BCUT2D eigenvalue weighted by Gasteiger charge is -2.27. The molecule has 21 heavy (non-hydrogen) atoms. The Morgan fingerprint density at radius 2 is 1.90 bits per heavy atom. The first-order valence-electron chi connectivity index (χ1n) is 7.57. The van der Waals surface area contributed by atoms with Gasteiger partial charge in [0.1, 0.15) is 5.58 Å². The third-order valence-corrected chi connectivity index (χ3v) is 4.11. The van der Waals surface area contributed by atoms with Crippen LogP contribution in [0.1, 0.15) is 43.4 Å². The number of anilines is 1. The minimum absolute atomic E-state index is 0.0394. The maximum absolute atomic E-state index is 12.4. The molecule has 2 aromatic rings. The zero-order valence-electron chi connectivity index (χ0n) is 12.6. The number of hydrogen-bond acceptors (Lipinski definition) is 4. The van der Waals surface area contributed by atoms with Crippen molar-refractivity contribution in [3.05, 3.63) is 39.5 Å². The van der Waals surface area contributed by atoms with Crippen molar-refractivity contribution in [1.82, 2.24) is 0 Å². The highest BCUT2D eigenvalue weighted by atomic mass is 16.4. The minimum Gasteiger partial charge on any atom is -0.440 e. The quantitative estimate of drug-likeness (QED) is 0.922. The fourth-order valence-corrected chi connectivity index (χ4v) is 3.00. The zero-order valence-corrected chi connectivity index (χ0v) is 12.6. The van der Waals surface area contributed by atoms with Crippen LogP contribution in [0.15, 0.2) is 27.4 Å². The third kappa shape index (κ3) is 2.68. The predicted octanol–water partition coefficient (Wildman–Crippen LogP) is 3.15. The van der Waals surface area contributed by atoms with Gasteiger partial charge in [0.25, 0.3) is 0 Å². The van der Waals surface area contributed by atoms with Gasteiger partial charge >= 0.3 is 0 Å². The van der Waals surface area contributed by atoms with Crippen LogP contribution in [0.4, 0.5) is 5.88 Å². The van der Waals surface area contributed by atoms with E-state index in [0.717, 1.165) is 31.5 Å². The molecule has 4 heteroatoms. The van der Waals surface area contributed by atoms with Crippen molar-refractivity contribution in [1.29, 1.82) is 0 Å². The Kier molecular flexibility index (Phi) is 3.72. The van der Waals surface area contributed by atoms with Crippen LogP contribution in [0.5, 0.6) is 0 Å². The van der Waals surface area contributed by atoms with Gasteiger partial charge in [0, 0.05) is 24.7 Å². The predicted molar refractivity (Wildman–Crippen MR) is 83.9 cm³/mol. The van der Waals surface area contributed by atoms with Crippen LogP contribution < -0.4 is 10.3 Å². The van der Waals surface area contributed by atoms with Crippen LogP contribution in [0.2, 0.25) is 0 Å². The number of rotatable bonds is 2. The van der Waals surface area contributed by atoms with Gasteiger partial charge in [-0.25, -0.2) is 0 Å². The molecular weight excluding hydrogens is 266 g/mol. The van der Waals surface area contributed by atoms with E-state index >= 15 is 0 Å². The van der Waals surface area contributed by atoms with Gasteiger partial charge < -0.3 is 14.4 Å². The molecule has 0 aliphatic carbocycles. The second-order valence-corrected chi connectivity index (χ2v) is 5.90. The molecule has 1 atom stereocenters. The summed E-state index contributed by atoms with van der Waals surface area (Å²) in [5.41, 5.74) is 2.11. The number of aliphatic hydroxyl groups is 1. The summed E-state index contributed by atoms with van der Waals surface area (Å²) in [5.74, 6) is 0.623. The van der Waals surface area contributed by atoms with E-state index in [0.29, 0.717) is 22.4 Å². The number of fused-ring (bicyclic) bond motifs is 1. The van der Waals surface area contributed by atoms with Gasteiger partial charge in [0.2, 0.25) is 0 Å². The van der Waals surface area contributed by atoms with Crippen LogP contribution in [-0.4, -0.2) is 18.2 Å². The standard InChI is InChI=1S/C17H21NO3/c1-11-8-13(12(2)19)17-14(9-11)15(20)10-16(21-17)18-6-4-3-5-7-18/h8-10,12,19H,3-7H2,1-2H3. The first-order valence-corrected chi connectivity index (χ1v) is 7.57. The maximum atomic E-state index is 12.4. The number of aliphatic hydroxyl groups excluding tert-OH is 1. The Morgan fingerprint density at radius 1 is 1.19 bits per heavy atom. The Morgan fingerprint density at radius 3 is 2.57 bits per heavy atom. The molecule has 0 radical (unpaired) electrons. The van der Waals surface area contributed by atoms with Crippen LogP contribution >= 0.6 is 0 Å².